The molecule has 3 atom stereocenters. The van der Waals surface area contributed by atoms with Crippen molar-refractivity contribution in [3.05, 3.63) is 90.0 Å². The lowest BCUT2D eigenvalue weighted by Gasteiger charge is -2.40. The van der Waals surface area contributed by atoms with E-state index in [1.807, 2.05) is 0 Å². The zero-order chi connectivity index (χ0) is 29.7. The van der Waals surface area contributed by atoms with Gasteiger partial charge in [0.25, 0.3) is 0 Å². The molecule has 0 radical (unpaired) electrons. The lowest BCUT2D eigenvalue weighted by molar-refractivity contribution is -0.134. The zero-order valence-corrected chi connectivity index (χ0v) is 27.4. The molecule has 2 aromatic rings. The average Bonchev–Trinajstić information content (AvgIpc) is 3.51. The number of allylic oxidation sites excluding steroid dienone is 3. The predicted octanol–water partition coefficient (Wildman–Crippen LogP) is 9.87. The third-order valence-corrected chi connectivity index (χ3v) is 14.8. The Morgan fingerprint density at radius 2 is 1.32 bits per heavy atom. The van der Waals surface area contributed by atoms with Crippen LogP contribution >= 0.6 is 7.92 Å². The van der Waals surface area contributed by atoms with Gasteiger partial charge < -0.3 is 0 Å². The van der Waals surface area contributed by atoms with E-state index in [-0.39, 0.29) is 31.8 Å². The molecule has 3 saturated carbocycles. The first-order chi connectivity index (χ1) is 21.8. The second-order valence-corrected chi connectivity index (χ2v) is 16.8. The van der Waals surface area contributed by atoms with Gasteiger partial charge in [0.2, 0.25) is 5.91 Å². The van der Waals surface area contributed by atoms with E-state index in [1.54, 1.807) is 5.30 Å². The van der Waals surface area contributed by atoms with Crippen molar-refractivity contribution < 1.29 is 4.79 Å². The Balaban J connectivity index is 1.36. The summed E-state index contributed by atoms with van der Waals surface area (Å²) in [5, 5.41) is 1.55. The third-order valence-electron chi connectivity index (χ3n) is 11.3. The van der Waals surface area contributed by atoms with Gasteiger partial charge in [-0.05, 0) is 67.1 Å². The highest BCUT2D eigenvalue weighted by atomic mass is 31.1. The summed E-state index contributed by atoms with van der Waals surface area (Å²) in [7, 11) is -0.323. The maximum atomic E-state index is 14.9. The number of rotatable bonds is 7. The van der Waals surface area contributed by atoms with Crippen molar-refractivity contribution in [3.8, 4) is 0 Å². The summed E-state index contributed by atoms with van der Waals surface area (Å²) < 4.78 is 0. The molecule has 4 heteroatoms. The first kappa shape index (κ1) is 30.2. The first-order valence-electron chi connectivity index (χ1n) is 18.0. The number of carbonyl (C=O) groups excluding carboxylic acids is 1. The van der Waals surface area contributed by atoms with E-state index in [2.05, 4.69) is 83.8 Å². The van der Waals surface area contributed by atoms with E-state index in [4.69, 9.17) is 4.99 Å². The van der Waals surface area contributed by atoms with E-state index in [1.165, 1.54) is 94.6 Å². The Labute approximate surface area is 267 Å². The molecular weight excluding hydrogens is 555 g/mol. The van der Waals surface area contributed by atoms with Crippen LogP contribution in [0.15, 0.2) is 83.9 Å². The number of benzene rings is 2. The highest BCUT2D eigenvalue weighted by molar-refractivity contribution is 7.67. The maximum Gasteiger partial charge on any atom is 0.231 e. The van der Waals surface area contributed by atoms with E-state index < -0.39 is 0 Å². The van der Waals surface area contributed by atoms with Crippen LogP contribution in [-0.4, -0.2) is 34.0 Å². The van der Waals surface area contributed by atoms with Crippen molar-refractivity contribution >= 4 is 25.0 Å². The lowest BCUT2D eigenvalue weighted by atomic mass is 9.83. The standard InChI is InChI=1S/C40H51N2OP/c43-40(32-22-10-3-11-23-32)42-38(31-20-8-2-9-21-31)37(30-18-6-1-7-19-30)41-39(42)35-28-16-17-29-36(35)44(33-24-12-4-13-25-33)34-26-14-5-15-27-34/h1-2,6-9,16-20,28-29,31-34,37-38H,3-5,10-15,21-27H2/t31?,37-,38-/m1/s1. The van der Waals surface area contributed by atoms with Gasteiger partial charge in [0.15, 0.2) is 0 Å². The number of hydrogen-bond acceptors (Lipinski definition) is 2. The van der Waals surface area contributed by atoms with Crippen LogP contribution < -0.4 is 5.30 Å². The van der Waals surface area contributed by atoms with Crippen LogP contribution in [0.25, 0.3) is 0 Å². The van der Waals surface area contributed by atoms with Crippen molar-refractivity contribution in [3.63, 3.8) is 0 Å². The summed E-state index contributed by atoms with van der Waals surface area (Å²) in [6.45, 7) is 0. The second-order valence-electron chi connectivity index (χ2n) is 14.1. The summed E-state index contributed by atoms with van der Waals surface area (Å²) in [4.78, 5) is 22.9. The molecule has 0 bridgehead atoms. The Kier molecular flexibility index (Phi) is 9.79. The van der Waals surface area contributed by atoms with Crippen LogP contribution in [0, 0.1) is 11.8 Å². The van der Waals surface area contributed by atoms with Crippen LogP contribution in [0.4, 0.5) is 0 Å². The lowest BCUT2D eigenvalue weighted by Crippen LogP contribution is -2.49. The van der Waals surface area contributed by atoms with E-state index >= 15 is 0 Å². The van der Waals surface area contributed by atoms with E-state index in [9.17, 15) is 4.79 Å². The second kappa shape index (κ2) is 14.3. The van der Waals surface area contributed by atoms with Crippen LogP contribution in [0.5, 0.6) is 0 Å². The minimum atomic E-state index is -0.323. The molecule has 7 rings (SSSR count). The van der Waals surface area contributed by atoms with Gasteiger partial charge >= 0.3 is 0 Å². The van der Waals surface area contributed by atoms with Gasteiger partial charge in [-0.2, -0.15) is 0 Å². The SMILES string of the molecule is O=C(C1CCCCC1)N1C(c2ccccc2P(C2CCCCC2)C2CCCCC2)=N[C@H](c2ccccc2)[C@H]1C1C=CC=CC1. The molecule has 3 nitrogen and oxygen atoms in total. The molecule has 1 unspecified atom stereocenters. The molecule has 0 aromatic heterocycles. The fourth-order valence-electron chi connectivity index (χ4n) is 9.05. The molecule has 0 N–H and O–H groups in total. The van der Waals surface area contributed by atoms with Crippen LogP contribution in [0.3, 0.4) is 0 Å². The number of nitrogens with zero attached hydrogens (tertiary/aromatic N) is 2. The summed E-state index contributed by atoms with van der Waals surface area (Å²) in [6, 6.07) is 20.1. The minimum absolute atomic E-state index is 0.00618. The molecule has 1 amide bonds. The quantitative estimate of drug-likeness (QED) is 0.289. The van der Waals surface area contributed by atoms with Gasteiger partial charge in [0, 0.05) is 17.4 Å². The van der Waals surface area contributed by atoms with Gasteiger partial charge in [-0.15, -0.1) is 0 Å². The molecule has 0 spiro atoms. The van der Waals surface area contributed by atoms with Crippen LogP contribution in [-0.2, 0) is 4.79 Å². The van der Waals surface area contributed by atoms with Crippen molar-refractivity contribution in [2.75, 3.05) is 0 Å². The smallest absolute Gasteiger partial charge is 0.231 e. The maximum absolute atomic E-state index is 14.9. The topological polar surface area (TPSA) is 32.7 Å². The van der Waals surface area contributed by atoms with Gasteiger partial charge in [-0.3, -0.25) is 14.7 Å². The Hall–Kier alpha value is -2.51. The molecule has 232 valence electrons. The largest absolute Gasteiger partial charge is 0.290 e. The summed E-state index contributed by atoms with van der Waals surface area (Å²) in [6.07, 6.45) is 29.4. The number of hydrogen-bond donors (Lipinski definition) is 0. The van der Waals surface area contributed by atoms with Crippen molar-refractivity contribution in [2.45, 2.75) is 126 Å². The van der Waals surface area contributed by atoms with Crippen LogP contribution in [0.2, 0.25) is 0 Å². The molecule has 5 aliphatic rings. The molecule has 4 aliphatic carbocycles. The highest BCUT2D eigenvalue weighted by Gasteiger charge is 2.47. The number of amides is 1. The monoisotopic (exact) mass is 606 g/mol. The number of amidine groups is 1. The van der Waals surface area contributed by atoms with Crippen LogP contribution in [0.1, 0.15) is 120 Å². The Morgan fingerprint density at radius 3 is 1.95 bits per heavy atom. The molecular formula is C40H51N2OP. The third kappa shape index (κ3) is 6.28. The molecule has 44 heavy (non-hydrogen) atoms. The first-order valence-corrected chi connectivity index (χ1v) is 19.4. The molecule has 2 aromatic carbocycles. The fourth-order valence-corrected chi connectivity index (χ4v) is 13.0. The number of carbonyl (C=O) groups is 1. The molecule has 3 fully saturated rings. The van der Waals surface area contributed by atoms with Gasteiger partial charge in [0.1, 0.15) is 5.84 Å². The van der Waals surface area contributed by atoms with Gasteiger partial charge in [-0.25, -0.2) is 0 Å². The van der Waals surface area contributed by atoms with Gasteiger partial charge in [0.05, 0.1) is 12.1 Å². The Bertz CT molecular complexity index is 1330. The Morgan fingerprint density at radius 1 is 0.705 bits per heavy atom. The zero-order valence-electron chi connectivity index (χ0n) is 26.5. The van der Waals surface area contributed by atoms with E-state index in [0.29, 0.717) is 5.91 Å². The molecule has 0 saturated heterocycles. The predicted molar refractivity (Wildman–Crippen MR) is 186 cm³/mol. The fraction of sp³-hybridized carbons (Fsp3) is 0.550. The van der Waals surface area contributed by atoms with Gasteiger partial charge in [-0.1, -0.05) is 145 Å². The normalized spacial score (nSPS) is 27.2. The molecule has 1 aliphatic heterocycles. The molecule has 1 heterocycles. The average molecular weight is 607 g/mol. The van der Waals surface area contributed by atoms with Crippen molar-refractivity contribution in [2.24, 2.45) is 16.8 Å². The minimum Gasteiger partial charge on any atom is -0.290 e. The van der Waals surface area contributed by atoms with E-state index in [0.717, 1.165) is 36.4 Å². The summed E-state index contributed by atoms with van der Waals surface area (Å²) in [5.41, 5.74) is 4.12. The van der Waals surface area contributed by atoms with Crippen molar-refractivity contribution in [1.82, 2.24) is 4.90 Å². The van der Waals surface area contributed by atoms with Crippen molar-refractivity contribution in [1.29, 1.82) is 0 Å². The summed E-state index contributed by atoms with van der Waals surface area (Å²) in [5.74, 6) is 1.69. The highest BCUT2D eigenvalue weighted by Crippen LogP contribution is 2.56. The summed E-state index contributed by atoms with van der Waals surface area (Å²) >= 11 is 0. The number of aliphatic imine (C=N–C) groups is 1.